The van der Waals surface area contributed by atoms with Gasteiger partial charge in [0.1, 0.15) is 21.2 Å². The zero-order valence-corrected chi connectivity index (χ0v) is 29.6. The Labute approximate surface area is 312 Å². The molecule has 6 rings (SSSR count). The molecule has 0 saturated heterocycles. The molecule has 55 heavy (non-hydrogen) atoms. The molecule has 1 aliphatic carbocycles. The molecule has 0 spiro atoms. The molecule has 0 radical (unpaired) electrons. The highest BCUT2D eigenvalue weighted by Gasteiger charge is 2.37. The number of benzene rings is 5. The summed E-state index contributed by atoms with van der Waals surface area (Å²) in [4.78, 5) is 16.0. The number of nitrogen functional groups attached to an aromatic ring is 3. The number of aliphatic hydroxyl groups is 1. The van der Waals surface area contributed by atoms with Crippen molar-refractivity contribution in [2.24, 2.45) is 30.6 Å². The number of aliphatic hydroxyl groups excluding tert-OH is 1. The van der Waals surface area contributed by atoms with Crippen molar-refractivity contribution < 1.29 is 35.8 Å². The van der Waals surface area contributed by atoms with Crippen LogP contribution in [-0.2, 0) is 20.2 Å². The van der Waals surface area contributed by atoms with Gasteiger partial charge in [0.15, 0.2) is 5.71 Å². The number of hydrazone groups is 1. The van der Waals surface area contributed by atoms with Crippen molar-refractivity contribution in [3.63, 3.8) is 0 Å². The van der Waals surface area contributed by atoms with Crippen molar-refractivity contribution in [3.05, 3.63) is 125 Å². The molecule has 0 saturated carbocycles. The van der Waals surface area contributed by atoms with Crippen molar-refractivity contribution in [3.8, 4) is 0 Å². The number of nitrogens with two attached hydrogens (primary N) is 3. The van der Waals surface area contributed by atoms with E-state index in [1.807, 2.05) is 0 Å². The number of azo groups is 2. The minimum atomic E-state index is -5.09. The van der Waals surface area contributed by atoms with Gasteiger partial charge in [-0.2, -0.15) is 32.2 Å². The summed E-state index contributed by atoms with van der Waals surface area (Å²) in [6.45, 7) is 0. The van der Waals surface area contributed by atoms with Crippen LogP contribution in [0.2, 0.25) is 0 Å². The Bertz CT molecular complexity index is 2720. The number of hydrogen-bond acceptors (Lipinski definition) is 15. The van der Waals surface area contributed by atoms with Gasteiger partial charge in [-0.25, -0.2) is 4.99 Å². The van der Waals surface area contributed by atoms with E-state index in [0.717, 1.165) is 12.1 Å². The van der Waals surface area contributed by atoms with Gasteiger partial charge in [-0.1, -0.05) is 18.2 Å². The number of nitrogens with zero attached hydrogens (tertiary/aromatic N) is 6. The van der Waals surface area contributed by atoms with Crippen molar-refractivity contribution in [1.82, 2.24) is 0 Å². The third-order valence-electron chi connectivity index (χ3n) is 7.72. The molecule has 0 aliphatic heterocycles. The van der Waals surface area contributed by atoms with Crippen molar-refractivity contribution >= 4 is 94.9 Å². The van der Waals surface area contributed by atoms with E-state index in [4.69, 9.17) is 17.2 Å². The molecule has 278 valence electrons. The first-order valence-electron chi connectivity index (χ1n) is 15.6. The van der Waals surface area contributed by atoms with Crippen LogP contribution in [0.5, 0.6) is 0 Å². The number of carbonyl (C=O) groups is 1. The maximum Gasteiger partial charge on any atom is 0.296 e. The monoisotopic (exact) mass is 780 g/mol. The molecule has 0 heterocycles. The van der Waals surface area contributed by atoms with Crippen LogP contribution in [0.4, 0.5) is 51.2 Å². The first-order chi connectivity index (χ1) is 26.1. The summed E-state index contributed by atoms with van der Waals surface area (Å²) in [5.74, 6) is -1.46. The van der Waals surface area contributed by atoms with Crippen LogP contribution in [0.25, 0.3) is 6.08 Å². The van der Waals surface area contributed by atoms with Gasteiger partial charge in [0.25, 0.3) is 20.2 Å². The molecule has 0 atom stereocenters. The zero-order chi connectivity index (χ0) is 39.5. The fourth-order valence-electron chi connectivity index (χ4n) is 5.07. The van der Waals surface area contributed by atoms with Gasteiger partial charge in [-0.3, -0.25) is 19.3 Å². The second-order valence-corrected chi connectivity index (χ2v) is 14.3. The Morgan fingerprint density at radius 1 is 0.691 bits per heavy atom. The lowest BCUT2D eigenvalue weighted by molar-refractivity contribution is 0.106. The Morgan fingerprint density at radius 2 is 1.31 bits per heavy atom. The molecule has 0 aromatic heterocycles. The summed E-state index contributed by atoms with van der Waals surface area (Å²) in [5.41, 5.74) is 20.6. The molecular formula is C35H28N10O8S2. The Hall–Kier alpha value is -7.13. The smallest absolute Gasteiger partial charge is 0.296 e. The number of para-hydroxylation sites is 1. The largest absolute Gasteiger partial charge is 0.493 e. The summed E-state index contributed by atoms with van der Waals surface area (Å²) in [5, 5.41) is 30.7. The molecule has 0 fully saturated rings. The molecule has 5 aromatic carbocycles. The summed E-state index contributed by atoms with van der Waals surface area (Å²) in [6, 6.07) is 26.0. The van der Waals surface area contributed by atoms with Crippen molar-refractivity contribution in [2.75, 3.05) is 22.6 Å². The number of ketones is 1. The number of allylic oxidation sites excluding steroid dienone is 1. The summed E-state index contributed by atoms with van der Waals surface area (Å²) >= 11 is 0. The molecule has 5 aromatic rings. The predicted molar refractivity (Wildman–Crippen MR) is 207 cm³/mol. The van der Waals surface area contributed by atoms with E-state index in [9.17, 15) is 35.8 Å². The highest BCUT2D eigenvalue weighted by Crippen LogP contribution is 2.41. The number of Topliss-reactive ketones (excluding diaryl/α,β-unsaturated/α-hetero) is 1. The van der Waals surface area contributed by atoms with E-state index >= 15 is 0 Å². The second-order valence-electron chi connectivity index (χ2n) is 11.5. The first-order valence-corrected chi connectivity index (χ1v) is 18.5. The van der Waals surface area contributed by atoms with E-state index in [1.165, 1.54) is 24.3 Å². The molecule has 0 unspecified atom stereocenters. The topological polar surface area (TPSA) is 310 Å². The van der Waals surface area contributed by atoms with Gasteiger partial charge in [0.05, 0.1) is 39.7 Å². The molecule has 1 aliphatic rings. The normalized spacial score (nSPS) is 14.4. The maximum absolute atomic E-state index is 13.7. The fourth-order valence-corrected chi connectivity index (χ4v) is 6.40. The third kappa shape index (κ3) is 8.58. The van der Waals surface area contributed by atoms with Gasteiger partial charge in [-0.15, -0.1) is 10.2 Å². The number of carbonyl (C=O) groups excluding carboxylic acids is 1. The molecule has 18 nitrogen and oxygen atoms in total. The van der Waals surface area contributed by atoms with E-state index in [1.54, 1.807) is 72.8 Å². The average molecular weight is 781 g/mol. The lowest BCUT2D eigenvalue weighted by atomic mass is 9.92. The summed E-state index contributed by atoms with van der Waals surface area (Å²) in [6.07, 6.45) is 0.787. The van der Waals surface area contributed by atoms with Crippen LogP contribution in [0.1, 0.15) is 21.5 Å². The Kier molecular flexibility index (Phi) is 10.3. The first kappa shape index (κ1) is 37.6. The highest BCUT2D eigenvalue weighted by atomic mass is 32.2. The summed E-state index contributed by atoms with van der Waals surface area (Å²) < 4.78 is 69.3. The standard InChI is InChI=1S/C35H28N10O8S2/c36-21-8-15-27(26(37)18-21)43-40-25-13-11-22(12-14-25)39-35(47)19-6-9-24(10-7-19)42-44-32-28(54(48,49)50)16-20-17-29(55(51,52)53)33(34(46)30(20)31(32)38)45-41-23-4-2-1-3-5-23/h1-18,41H,36-38H2,(H,39,47)(H,48,49,50)(H,51,52,53)/b43-40?,44-42?,45-33-. The number of aliphatic imine (C=N–C) groups is 1. The van der Waals surface area contributed by atoms with Crippen LogP contribution >= 0.6 is 0 Å². The lowest BCUT2D eigenvalue weighted by Gasteiger charge is -2.20. The van der Waals surface area contributed by atoms with Crippen LogP contribution < -0.4 is 22.6 Å². The SMILES string of the molecule is Nc1ccc(N=Nc2ccc(N=C(O)c3ccc(N=Nc4c(S(=O)(=O)O)cc5c(c4N)C(=O)/C(=N\Nc4ccccc4)C(S(=O)(=O)O)=C5)cc3)cc2)c(N)c1. The average Bonchev–Trinajstić information content (AvgIpc) is 3.14. The number of nitrogens with one attached hydrogen (secondary N) is 1. The van der Waals surface area contributed by atoms with Crippen LogP contribution in [0.3, 0.4) is 0 Å². The number of fused-ring (bicyclic) bond motifs is 1. The van der Waals surface area contributed by atoms with Gasteiger partial charge in [-0.05, 0) is 96.6 Å². The van der Waals surface area contributed by atoms with E-state index < -0.39 is 58.5 Å². The quantitative estimate of drug-likeness (QED) is 0.0187. The van der Waals surface area contributed by atoms with Crippen molar-refractivity contribution in [2.45, 2.75) is 4.90 Å². The van der Waals surface area contributed by atoms with Gasteiger partial charge in [0.2, 0.25) is 11.7 Å². The minimum Gasteiger partial charge on any atom is -0.493 e. The summed E-state index contributed by atoms with van der Waals surface area (Å²) in [7, 11) is -10.2. The predicted octanol–water partition coefficient (Wildman–Crippen LogP) is 7.04. The Balaban J connectivity index is 1.26. The van der Waals surface area contributed by atoms with Crippen LogP contribution in [0.15, 0.2) is 143 Å². The number of hydrogen-bond donors (Lipinski definition) is 7. The Morgan fingerprint density at radius 3 is 1.93 bits per heavy atom. The maximum atomic E-state index is 13.7. The van der Waals surface area contributed by atoms with Crippen LogP contribution in [0, 0.1) is 0 Å². The lowest BCUT2D eigenvalue weighted by Crippen LogP contribution is -2.28. The molecular weight excluding hydrogens is 753 g/mol. The van der Waals surface area contributed by atoms with E-state index in [2.05, 4.69) is 36.0 Å². The third-order valence-corrected chi connectivity index (χ3v) is 9.46. The van der Waals surface area contributed by atoms with E-state index in [0.29, 0.717) is 34.1 Å². The van der Waals surface area contributed by atoms with Crippen molar-refractivity contribution in [1.29, 1.82) is 0 Å². The van der Waals surface area contributed by atoms with Gasteiger partial charge in [0, 0.05) is 11.3 Å². The van der Waals surface area contributed by atoms with Gasteiger partial charge < -0.3 is 22.3 Å². The van der Waals surface area contributed by atoms with Crippen LogP contribution in [-0.4, -0.2) is 48.4 Å². The molecule has 10 N–H and O–H groups in total. The number of anilines is 4. The molecule has 0 amide bonds. The number of rotatable bonds is 10. The molecule has 20 heteroatoms. The van der Waals surface area contributed by atoms with Gasteiger partial charge >= 0.3 is 0 Å². The highest BCUT2D eigenvalue weighted by molar-refractivity contribution is 7.91. The fraction of sp³-hybridized carbons (Fsp3) is 0. The molecule has 0 bridgehead atoms. The minimum absolute atomic E-state index is 0.126. The van der Waals surface area contributed by atoms with E-state index in [-0.39, 0.29) is 22.7 Å². The zero-order valence-electron chi connectivity index (χ0n) is 28.0. The second kappa shape index (κ2) is 15.1.